The van der Waals surface area contributed by atoms with Gasteiger partial charge in [0.25, 0.3) is 0 Å². The molecule has 0 aliphatic heterocycles. The Kier molecular flexibility index (Phi) is 6.24. The van der Waals surface area contributed by atoms with Crippen molar-refractivity contribution >= 4 is 29.3 Å². The quantitative estimate of drug-likeness (QED) is 0.810. The van der Waals surface area contributed by atoms with Crippen molar-refractivity contribution in [3.63, 3.8) is 0 Å². The predicted octanol–water partition coefficient (Wildman–Crippen LogP) is 4.52. The number of thioether (sulfide) groups is 1. The smallest absolute Gasteiger partial charge is 0.221 e. The highest BCUT2D eigenvalue weighted by Gasteiger charge is 2.19. The molecule has 1 aromatic rings. The molecule has 1 fully saturated rings. The Balaban J connectivity index is 1.67. The molecular weight excluding hydrogens is 290 g/mol. The lowest BCUT2D eigenvalue weighted by molar-refractivity contribution is -0.121. The Labute approximate surface area is 130 Å². The minimum Gasteiger partial charge on any atom is -0.353 e. The molecule has 0 saturated heterocycles. The molecule has 1 N–H and O–H groups in total. The number of carbonyl (C=O) groups is 1. The van der Waals surface area contributed by atoms with Crippen LogP contribution < -0.4 is 5.32 Å². The van der Waals surface area contributed by atoms with Gasteiger partial charge in [0, 0.05) is 23.1 Å². The van der Waals surface area contributed by atoms with Crippen molar-refractivity contribution in [1.82, 2.24) is 5.32 Å². The summed E-state index contributed by atoms with van der Waals surface area (Å²) in [6.45, 7) is 2.29. The number of rotatable bonds is 5. The van der Waals surface area contributed by atoms with Gasteiger partial charge in [-0.25, -0.2) is 0 Å². The summed E-state index contributed by atoms with van der Waals surface area (Å²) in [7, 11) is 0. The molecular formula is C16H22ClNOS. The summed E-state index contributed by atoms with van der Waals surface area (Å²) in [4.78, 5) is 13.0. The SMILES string of the molecule is CC1CCC(NC(=O)CCSc2ccccc2Cl)CC1. The van der Waals surface area contributed by atoms with E-state index < -0.39 is 0 Å². The van der Waals surface area contributed by atoms with Crippen LogP contribution in [-0.4, -0.2) is 17.7 Å². The molecule has 0 atom stereocenters. The van der Waals surface area contributed by atoms with Crippen molar-refractivity contribution < 1.29 is 4.79 Å². The van der Waals surface area contributed by atoms with Gasteiger partial charge in [0.1, 0.15) is 0 Å². The van der Waals surface area contributed by atoms with Gasteiger partial charge in [-0.05, 0) is 43.7 Å². The second kappa shape index (κ2) is 7.94. The minimum absolute atomic E-state index is 0.170. The van der Waals surface area contributed by atoms with Gasteiger partial charge in [0.15, 0.2) is 0 Å². The van der Waals surface area contributed by atoms with E-state index >= 15 is 0 Å². The Morgan fingerprint density at radius 3 is 2.70 bits per heavy atom. The number of halogens is 1. The molecule has 0 bridgehead atoms. The molecule has 2 nitrogen and oxygen atoms in total. The number of carbonyl (C=O) groups excluding carboxylic acids is 1. The van der Waals surface area contributed by atoms with Gasteiger partial charge in [0.05, 0.1) is 5.02 Å². The van der Waals surface area contributed by atoms with Crippen LogP contribution in [0.2, 0.25) is 5.02 Å². The summed E-state index contributed by atoms with van der Waals surface area (Å²) in [5.74, 6) is 1.77. The third kappa shape index (κ3) is 5.02. The first-order chi connectivity index (χ1) is 9.65. The van der Waals surface area contributed by atoms with Crippen molar-refractivity contribution in [3.05, 3.63) is 29.3 Å². The van der Waals surface area contributed by atoms with Crippen LogP contribution in [0.3, 0.4) is 0 Å². The topological polar surface area (TPSA) is 29.1 Å². The average molecular weight is 312 g/mol. The molecule has 1 amide bonds. The van der Waals surface area contributed by atoms with Crippen LogP contribution in [0.4, 0.5) is 0 Å². The largest absolute Gasteiger partial charge is 0.353 e. The molecule has 0 aromatic heterocycles. The first kappa shape index (κ1) is 15.7. The van der Waals surface area contributed by atoms with Crippen LogP contribution in [0.5, 0.6) is 0 Å². The summed E-state index contributed by atoms with van der Waals surface area (Å²) in [6, 6.07) is 8.16. The van der Waals surface area contributed by atoms with Crippen molar-refractivity contribution in [1.29, 1.82) is 0 Å². The van der Waals surface area contributed by atoms with Crippen LogP contribution >= 0.6 is 23.4 Å². The van der Waals surface area contributed by atoms with Crippen molar-refractivity contribution in [2.45, 2.75) is 50.0 Å². The summed E-state index contributed by atoms with van der Waals surface area (Å²) in [5.41, 5.74) is 0. The maximum absolute atomic E-state index is 11.9. The summed E-state index contributed by atoms with van der Waals surface area (Å²) < 4.78 is 0. The van der Waals surface area contributed by atoms with Crippen molar-refractivity contribution in [2.75, 3.05) is 5.75 Å². The fraction of sp³-hybridized carbons (Fsp3) is 0.562. The summed E-state index contributed by atoms with van der Waals surface area (Å²) in [5, 5.41) is 3.92. The molecule has 4 heteroatoms. The Bertz CT molecular complexity index is 444. The lowest BCUT2D eigenvalue weighted by atomic mass is 9.87. The molecule has 0 unspecified atom stereocenters. The van der Waals surface area contributed by atoms with Gasteiger partial charge in [-0.2, -0.15) is 0 Å². The molecule has 1 aliphatic rings. The Morgan fingerprint density at radius 2 is 2.00 bits per heavy atom. The second-order valence-corrected chi connectivity index (χ2v) is 7.10. The molecule has 1 aromatic carbocycles. The van der Waals surface area contributed by atoms with Gasteiger partial charge in [-0.3, -0.25) is 4.79 Å². The van der Waals surface area contributed by atoms with E-state index in [1.807, 2.05) is 24.3 Å². The van der Waals surface area contributed by atoms with Crippen LogP contribution in [0, 0.1) is 5.92 Å². The molecule has 1 saturated carbocycles. The maximum atomic E-state index is 11.9. The molecule has 110 valence electrons. The van der Waals surface area contributed by atoms with Gasteiger partial charge >= 0.3 is 0 Å². The molecule has 20 heavy (non-hydrogen) atoms. The highest BCUT2D eigenvalue weighted by atomic mass is 35.5. The fourth-order valence-corrected chi connectivity index (χ4v) is 3.71. The highest BCUT2D eigenvalue weighted by Crippen LogP contribution is 2.27. The minimum atomic E-state index is 0.170. The fourth-order valence-electron chi connectivity index (χ4n) is 2.52. The van der Waals surface area contributed by atoms with E-state index in [9.17, 15) is 4.79 Å². The van der Waals surface area contributed by atoms with E-state index in [1.165, 1.54) is 12.8 Å². The van der Waals surface area contributed by atoms with E-state index in [2.05, 4.69) is 12.2 Å². The first-order valence-corrected chi connectivity index (χ1v) is 8.68. The molecule has 0 spiro atoms. The lowest BCUT2D eigenvalue weighted by Crippen LogP contribution is -2.37. The lowest BCUT2D eigenvalue weighted by Gasteiger charge is -2.26. The van der Waals surface area contributed by atoms with Gasteiger partial charge < -0.3 is 5.32 Å². The van der Waals surface area contributed by atoms with Gasteiger partial charge in [-0.1, -0.05) is 30.7 Å². The van der Waals surface area contributed by atoms with E-state index in [-0.39, 0.29) is 5.91 Å². The zero-order valence-corrected chi connectivity index (χ0v) is 13.5. The van der Waals surface area contributed by atoms with Crippen LogP contribution in [0.25, 0.3) is 0 Å². The first-order valence-electron chi connectivity index (χ1n) is 7.32. The maximum Gasteiger partial charge on any atom is 0.221 e. The normalized spacial score (nSPS) is 22.5. The summed E-state index contributed by atoms with van der Waals surface area (Å²) >= 11 is 7.73. The summed E-state index contributed by atoms with van der Waals surface area (Å²) in [6.07, 6.45) is 5.29. The third-order valence-corrected chi connectivity index (χ3v) is 5.32. The second-order valence-electron chi connectivity index (χ2n) is 5.55. The number of amides is 1. The Morgan fingerprint density at radius 1 is 1.30 bits per heavy atom. The van der Waals surface area contributed by atoms with Gasteiger partial charge in [-0.15, -0.1) is 11.8 Å². The van der Waals surface area contributed by atoms with E-state index in [4.69, 9.17) is 11.6 Å². The van der Waals surface area contributed by atoms with Crippen LogP contribution in [0.15, 0.2) is 29.2 Å². The monoisotopic (exact) mass is 311 g/mol. The van der Waals surface area contributed by atoms with Crippen molar-refractivity contribution in [3.8, 4) is 0 Å². The number of benzene rings is 1. The number of hydrogen-bond acceptors (Lipinski definition) is 2. The standard InChI is InChI=1S/C16H22ClNOS/c1-12-6-8-13(9-7-12)18-16(19)10-11-20-15-5-3-2-4-14(15)17/h2-5,12-13H,6-11H2,1H3,(H,18,19). The number of hydrogen-bond donors (Lipinski definition) is 1. The zero-order valence-electron chi connectivity index (χ0n) is 11.9. The number of nitrogens with one attached hydrogen (secondary N) is 1. The third-order valence-electron chi connectivity index (χ3n) is 3.80. The van der Waals surface area contributed by atoms with Crippen molar-refractivity contribution in [2.24, 2.45) is 5.92 Å². The predicted molar refractivity (Wildman–Crippen MR) is 86.4 cm³/mol. The molecule has 1 aliphatic carbocycles. The molecule has 0 radical (unpaired) electrons. The van der Waals surface area contributed by atoms with E-state index in [1.54, 1.807) is 11.8 Å². The van der Waals surface area contributed by atoms with Crippen LogP contribution in [0.1, 0.15) is 39.0 Å². The van der Waals surface area contributed by atoms with Gasteiger partial charge in [0.2, 0.25) is 5.91 Å². The van der Waals surface area contributed by atoms with Crippen LogP contribution in [-0.2, 0) is 4.79 Å². The van der Waals surface area contributed by atoms with E-state index in [0.717, 1.165) is 34.4 Å². The average Bonchev–Trinajstić information content (AvgIpc) is 2.43. The molecule has 2 rings (SSSR count). The Hall–Kier alpha value is -0.670. The zero-order chi connectivity index (χ0) is 14.4. The van der Waals surface area contributed by atoms with E-state index in [0.29, 0.717) is 12.5 Å². The molecule has 0 heterocycles. The highest BCUT2D eigenvalue weighted by molar-refractivity contribution is 7.99.